The third kappa shape index (κ3) is 2.74. The molecular weight excluding hydrogens is 308 g/mol. The maximum Gasteiger partial charge on any atom is 0.290 e. The van der Waals surface area contributed by atoms with E-state index in [0.717, 1.165) is 5.56 Å². The Bertz CT molecular complexity index is 958. The summed E-state index contributed by atoms with van der Waals surface area (Å²) < 4.78 is 10.6. The van der Waals surface area contributed by atoms with E-state index in [2.05, 4.69) is 20.4 Å². The first kappa shape index (κ1) is 14.1. The van der Waals surface area contributed by atoms with E-state index in [1.807, 2.05) is 30.3 Å². The molecule has 7 heteroatoms. The standard InChI is InChI=1S/C17H12N4O3/c22-17(14-9-12(21-24-14)11-5-2-1-3-6-11)19-10-15-20-16-13(23-15)7-4-8-18-16/h1-9H,10H2,(H,19,22). The van der Waals surface area contributed by atoms with Crippen LogP contribution in [0.25, 0.3) is 22.5 Å². The minimum absolute atomic E-state index is 0.128. The summed E-state index contributed by atoms with van der Waals surface area (Å²) in [7, 11) is 0. The topological polar surface area (TPSA) is 94.1 Å². The zero-order valence-electron chi connectivity index (χ0n) is 12.5. The van der Waals surface area contributed by atoms with Crippen LogP contribution in [0.3, 0.4) is 0 Å². The molecule has 0 saturated carbocycles. The van der Waals surface area contributed by atoms with E-state index in [4.69, 9.17) is 8.94 Å². The predicted octanol–water partition coefficient (Wildman–Crippen LogP) is 2.81. The molecule has 24 heavy (non-hydrogen) atoms. The molecule has 3 aromatic heterocycles. The molecule has 0 aliphatic carbocycles. The number of nitrogens with one attached hydrogen (secondary N) is 1. The Hall–Kier alpha value is -3.48. The number of hydrogen-bond acceptors (Lipinski definition) is 6. The zero-order chi connectivity index (χ0) is 16.4. The first-order chi connectivity index (χ1) is 11.8. The van der Waals surface area contributed by atoms with E-state index in [1.54, 1.807) is 24.4 Å². The lowest BCUT2D eigenvalue weighted by Crippen LogP contribution is -2.22. The molecule has 0 atom stereocenters. The highest BCUT2D eigenvalue weighted by Gasteiger charge is 2.15. The van der Waals surface area contributed by atoms with Gasteiger partial charge in [0.05, 0.1) is 6.54 Å². The van der Waals surface area contributed by atoms with Crippen LogP contribution in [0.5, 0.6) is 0 Å². The van der Waals surface area contributed by atoms with Crippen LogP contribution >= 0.6 is 0 Å². The Labute approximate surface area is 136 Å². The fourth-order valence-corrected chi connectivity index (χ4v) is 2.26. The first-order valence-electron chi connectivity index (χ1n) is 7.30. The molecule has 7 nitrogen and oxygen atoms in total. The van der Waals surface area contributed by atoms with Crippen molar-refractivity contribution < 1.29 is 13.7 Å². The van der Waals surface area contributed by atoms with Gasteiger partial charge in [0.1, 0.15) is 5.69 Å². The van der Waals surface area contributed by atoms with Crippen LogP contribution in [0.15, 0.2) is 63.7 Å². The quantitative estimate of drug-likeness (QED) is 0.621. The Morgan fingerprint density at radius 3 is 2.83 bits per heavy atom. The lowest BCUT2D eigenvalue weighted by Gasteiger charge is -1.97. The van der Waals surface area contributed by atoms with E-state index in [0.29, 0.717) is 22.8 Å². The molecule has 0 radical (unpaired) electrons. The van der Waals surface area contributed by atoms with Crippen LogP contribution in [0, 0.1) is 0 Å². The van der Waals surface area contributed by atoms with Crippen molar-refractivity contribution in [2.24, 2.45) is 0 Å². The molecule has 0 aliphatic heterocycles. The summed E-state index contributed by atoms with van der Waals surface area (Å²) in [4.78, 5) is 20.4. The van der Waals surface area contributed by atoms with E-state index in [1.165, 1.54) is 0 Å². The minimum atomic E-state index is -0.389. The largest absolute Gasteiger partial charge is 0.437 e. The van der Waals surface area contributed by atoms with E-state index >= 15 is 0 Å². The number of carbonyl (C=O) groups is 1. The van der Waals surface area contributed by atoms with Gasteiger partial charge in [0.15, 0.2) is 11.2 Å². The zero-order valence-corrected chi connectivity index (χ0v) is 12.5. The number of benzene rings is 1. The third-order valence-electron chi connectivity index (χ3n) is 3.41. The number of aromatic nitrogens is 3. The average molecular weight is 320 g/mol. The van der Waals surface area contributed by atoms with Crippen LogP contribution in [0.4, 0.5) is 0 Å². The van der Waals surface area contributed by atoms with Gasteiger partial charge in [0, 0.05) is 17.8 Å². The van der Waals surface area contributed by atoms with Crippen molar-refractivity contribution in [3.63, 3.8) is 0 Å². The molecule has 1 N–H and O–H groups in total. The second-order valence-corrected chi connectivity index (χ2v) is 5.06. The molecule has 4 aromatic rings. The van der Waals surface area contributed by atoms with Gasteiger partial charge in [0.2, 0.25) is 11.7 Å². The van der Waals surface area contributed by atoms with Crippen LogP contribution in [0.2, 0.25) is 0 Å². The van der Waals surface area contributed by atoms with Gasteiger partial charge in [-0.1, -0.05) is 35.5 Å². The molecule has 4 rings (SSSR count). The first-order valence-corrected chi connectivity index (χ1v) is 7.30. The average Bonchev–Trinajstić information content (AvgIpc) is 3.27. The van der Waals surface area contributed by atoms with Gasteiger partial charge in [-0.15, -0.1) is 0 Å². The van der Waals surface area contributed by atoms with Crippen molar-refractivity contribution in [2.45, 2.75) is 6.54 Å². The summed E-state index contributed by atoms with van der Waals surface area (Å²) >= 11 is 0. The van der Waals surface area contributed by atoms with Gasteiger partial charge >= 0.3 is 0 Å². The molecule has 0 unspecified atom stereocenters. The summed E-state index contributed by atoms with van der Waals surface area (Å²) in [6.45, 7) is 0.135. The SMILES string of the molecule is O=C(NCc1nc2ncccc2o1)c1cc(-c2ccccc2)no1. The lowest BCUT2D eigenvalue weighted by molar-refractivity contribution is 0.0910. The van der Waals surface area contributed by atoms with Gasteiger partial charge in [0.25, 0.3) is 5.91 Å². The van der Waals surface area contributed by atoms with Gasteiger partial charge in [-0.3, -0.25) is 4.79 Å². The van der Waals surface area contributed by atoms with Crippen LogP contribution < -0.4 is 5.32 Å². The fraction of sp³-hybridized carbons (Fsp3) is 0.0588. The van der Waals surface area contributed by atoms with Crippen molar-refractivity contribution in [2.75, 3.05) is 0 Å². The van der Waals surface area contributed by atoms with Crippen molar-refractivity contribution in [1.82, 2.24) is 20.4 Å². The number of nitrogens with zero attached hydrogens (tertiary/aromatic N) is 3. The van der Waals surface area contributed by atoms with E-state index in [9.17, 15) is 4.79 Å². The molecule has 118 valence electrons. The normalized spacial score (nSPS) is 10.8. The van der Waals surface area contributed by atoms with Gasteiger partial charge in [-0.05, 0) is 12.1 Å². The summed E-state index contributed by atoms with van der Waals surface area (Å²) in [6, 6.07) is 14.6. The van der Waals surface area contributed by atoms with Crippen molar-refractivity contribution in [3.8, 4) is 11.3 Å². The molecule has 1 aromatic carbocycles. The minimum Gasteiger partial charge on any atom is -0.437 e. The number of hydrogen-bond donors (Lipinski definition) is 1. The smallest absolute Gasteiger partial charge is 0.290 e. The maximum atomic E-state index is 12.1. The molecule has 0 saturated heterocycles. The van der Waals surface area contributed by atoms with Gasteiger partial charge < -0.3 is 14.3 Å². The molecule has 0 aliphatic rings. The van der Waals surface area contributed by atoms with Crippen LogP contribution in [-0.2, 0) is 6.54 Å². The molecule has 0 fully saturated rings. The maximum absolute atomic E-state index is 12.1. The van der Waals surface area contributed by atoms with Crippen molar-refractivity contribution >= 4 is 17.1 Å². The molecular formula is C17H12N4O3. The number of pyridine rings is 1. The summed E-state index contributed by atoms with van der Waals surface area (Å²) in [5, 5.41) is 6.60. The van der Waals surface area contributed by atoms with E-state index < -0.39 is 0 Å². The van der Waals surface area contributed by atoms with Gasteiger partial charge in [-0.2, -0.15) is 4.98 Å². The Morgan fingerprint density at radius 1 is 1.12 bits per heavy atom. The molecule has 1 amide bonds. The van der Waals surface area contributed by atoms with Crippen LogP contribution in [0.1, 0.15) is 16.4 Å². The molecule has 3 heterocycles. The Balaban J connectivity index is 1.45. The van der Waals surface area contributed by atoms with Crippen molar-refractivity contribution in [1.29, 1.82) is 0 Å². The number of fused-ring (bicyclic) bond motifs is 1. The fourth-order valence-electron chi connectivity index (χ4n) is 2.26. The van der Waals surface area contributed by atoms with Gasteiger partial charge in [-0.25, -0.2) is 4.98 Å². The number of rotatable bonds is 4. The third-order valence-corrected chi connectivity index (χ3v) is 3.41. The second kappa shape index (κ2) is 5.96. The lowest BCUT2D eigenvalue weighted by atomic mass is 10.1. The highest BCUT2D eigenvalue weighted by Crippen LogP contribution is 2.18. The predicted molar refractivity (Wildman–Crippen MR) is 84.9 cm³/mol. The summed E-state index contributed by atoms with van der Waals surface area (Å²) in [5.41, 5.74) is 2.57. The summed E-state index contributed by atoms with van der Waals surface area (Å²) in [5.74, 6) is 0.114. The summed E-state index contributed by atoms with van der Waals surface area (Å²) in [6.07, 6.45) is 1.63. The highest BCUT2D eigenvalue weighted by atomic mass is 16.5. The Morgan fingerprint density at radius 2 is 2.00 bits per heavy atom. The molecule has 0 bridgehead atoms. The number of oxazole rings is 1. The monoisotopic (exact) mass is 320 g/mol. The Kier molecular flexibility index (Phi) is 3.51. The van der Waals surface area contributed by atoms with Crippen molar-refractivity contribution in [3.05, 3.63) is 66.4 Å². The molecule has 0 spiro atoms. The second-order valence-electron chi connectivity index (χ2n) is 5.06. The number of amides is 1. The highest BCUT2D eigenvalue weighted by molar-refractivity contribution is 5.92. The van der Waals surface area contributed by atoms with Crippen LogP contribution in [-0.4, -0.2) is 21.0 Å². The number of carbonyl (C=O) groups excluding carboxylic acids is 1. The van der Waals surface area contributed by atoms with E-state index in [-0.39, 0.29) is 18.2 Å².